The zero-order valence-corrected chi connectivity index (χ0v) is 21.3. The lowest BCUT2D eigenvalue weighted by Gasteiger charge is -2.34. The second kappa shape index (κ2) is 10.9. The maximum absolute atomic E-state index is 11.8. The summed E-state index contributed by atoms with van der Waals surface area (Å²) in [6.07, 6.45) is 3.72. The highest BCUT2D eigenvalue weighted by atomic mass is 32.2. The smallest absolute Gasteiger partial charge is 0.264 e. The first-order valence-corrected chi connectivity index (χ1v) is 14.1. The van der Waals surface area contributed by atoms with Gasteiger partial charge in [0.1, 0.15) is 5.75 Å². The molecule has 2 aliphatic heterocycles. The Bertz CT molecular complexity index is 1270. The average molecular weight is 532 g/mol. The Morgan fingerprint density at radius 1 is 1.22 bits per heavy atom. The number of aromatic hydroxyl groups is 1. The van der Waals surface area contributed by atoms with Gasteiger partial charge in [-0.3, -0.25) is 14.9 Å². The molecule has 0 aliphatic carbocycles. The number of nitrogens with one attached hydrogen (secondary N) is 4. The van der Waals surface area contributed by atoms with Gasteiger partial charge in [-0.25, -0.2) is 8.42 Å². The lowest BCUT2D eigenvalue weighted by atomic mass is 10.0. The van der Waals surface area contributed by atoms with Crippen LogP contribution in [0.4, 0.5) is 11.4 Å². The van der Waals surface area contributed by atoms with Crippen LogP contribution in [0.15, 0.2) is 47.4 Å². The number of phenolic OH excluding ortho intramolecular Hbond substituents is 1. The lowest BCUT2D eigenvalue weighted by Crippen LogP contribution is -2.43. The third-order valence-corrected chi connectivity index (χ3v) is 7.43. The van der Waals surface area contributed by atoms with Crippen molar-refractivity contribution >= 4 is 50.3 Å². The van der Waals surface area contributed by atoms with Crippen molar-refractivity contribution in [3.05, 3.63) is 58.5 Å². The first-order chi connectivity index (χ1) is 17.1. The molecule has 2 heterocycles. The number of amidine groups is 1. The summed E-state index contributed by atoms with van der Waals surface area (Å²) < 4.78 is 25.2. The Morgan fingerprint density at radius 3 is 2.53 bits per heavy atom. The number of anilines is 2. The monoisotopic (exact) mass is 531 g/mol. The molecule has 4 rings (SSSR count). The molecule has 2 aliphatic rings. The standard InChI is InChI=1S/C24H29N5O5S2/c1-36(33,34)28-19-13-16(4-7-20(19)30)21(31)14-26-17-8-10-29(11-9-17)18-5-2-15(3-6-18)12-22-23(32)27-24(25)35-22/h2-7,12-13,17,21,26,28,30-31H,8-11,14H2,1H3,(H2,25,27,32)/b22-12+. The van der Waals surface area contributed by atoms with Gasteiger partial charge >= 0.3 is 0 Å². The van der Waals surface area contributed by atoms with Gasteiger partial charge in [-0.15, -0.1) is 0 Å². The number of aliphatic hydroxyl groups is 1. The number of hydrogen-bond acceptors (Lipinski definition) is 9. The maximum atomic E-state index is 11.8. The summed E-state index contributed by atoms with van der Waals surface area (Å²) in [6, 6.07) is 12.6. The first kappa shape index (κ1) is 26.0. The third kappa shape index (κ3) is 6.78. The van der Waals surface area contributed by atoms with Crippen molar-refractivity contribution in [2.75, 3.05) is 35.5 Å². The van der Waals surface area contributed by atoms with Crippen molar-refractivity contribution in [2.45, 2.75) is 25.0 Å². The summed E-state index contributed by atoms with van der Waals surface area (Å²) in [5, 5.41) is 34.0. The van der Waals surface area contributed by atoms with Crippen LogP contribution >= 0.6 is 11.8 Å². The number of benzene rings is 2. The van der Waals surface area contributed by atoms with Crippen LogP contribution < -0.4 is 20.3 Å². The molecule has 1 amide bonds. The number of hydrogen-bond donors (Lipinski definition) is 6. The quantitative estimate of drug-likeness (QED) is 0.224. The number of phenols is 1. The predicted octanol–water partition coefficient (Wildman–Crippen LogP) is 2.19. The van der Waals surface area contributed by atoms with Gasteiger partial charge in [-0.2, -0.15) is 0 Å². The lowest BCUT2D eigenvalue weighted by molar-refractivity contribution is -0.115. The molecule has 192 valence electrons. The minimum Gasteiger partial charge on any atom is -0.506 e. The summed E-state index contributed by atoms with van der Waals surface area (Å²) in [5.41, 5.74) is 2.54. The summed E-state index contributed by atoms with van der Waals surface area (Å²) in [4.78, 5) is 14.6. The van der Waals surface area contributed by atoms with Crippen molar-refractivity contribution in [1.82, 2.24) is 10.6 Å². The summed E-state index contributed by atoms with van der Waals surface area (Å²) >= 11 is 1.12. The number of nitrogens with zero attached hydrogens (tertiary/aromatic N) is 1. The van der Waals surface area contributed by atoms with Crippen molar-refractivity contribution in [3.8, 4) is 5.75 Å². The fourth-order valence-electron chi connectivity index (χ4n) is 4.15. The minimum atomic E-state index is -3.55. The van der Waals surface area contributed by atoms with Gasteiger partial charge < -0.3 is 25.7 Å². The molecule has 2 fully saturated rings. The van der Waals surface area contributed by atoms with E-state index in [1.165, 1.54) is 12.1 Å². The van der Waals surface area contributed by atoms with E-state index in [4.69, 9.17) is 5.41 Å². The van der Waals surface area contributed by atoms with Gasteiger partial charge in [-0.05, 0) is 66.1 Å². The van der Waals surface area contributed by atoms with E-state index in [1.807, 2.05) is 24.3 Å². The topological polar surface area (TPSA) is 155 Å². The number of sulfonamides is 1. The molecular formula is C24H29N5O5S2. The van der Waals surface area contributed by atoms with Crippen molar-refractivity contribution in [1.29, 1.82) is 5.41 Å². The average Bonchev–Trinajstić information content (AvgIpc) is 3.15. The van der Waals surface area contributed by atoms with Crippen molar-refractivity contribution in [2.24, 2.45) is 0 Å². The van der Waals surface area contributed by atoms with Crippen LogP contribution in [0.25, 0.3) is 6.08 Å². The number of amides is 1. The fourth-order valence-corrected chi connectivity index (χ4v) is 5.42. The number of thioether (sulfide) groups is 1. The molecule has 0 spiro atoms. The second-order valence-electron chi connectivity index (χ2n) is 8.82. The van der Waals surface area contributed by atoms with Gasteiger partial charge in [0, 0.05) is 31.4 Å². The number of carbonyl (C=O) groups is 1. The van der Waals surface area contributed by atoms with E-state index in [2.05, 4.69) is 20.3 Å². The van der Waals surface area contributed by atoms with E-state index in [0.29, 0.717) is 17.0 Å². The van der Waals surface area contributed by atoms with Crippen LogP contribution in [0.5, 0.6) is 5.75 Å². The Balaban J connectivity index is 1.27. The highest BCUT2D eigenvalue weighted by Crippen LogP contribution is 2.29. The molecule has 1 atom stereocenters. The Hall–Kier alpha value is -3.06. The SMILES string of the molecule is CS(=O)(=O)Nc1cc(C(O)CNC2CCN(c3ccc(/C=C4/SC(=N)NC4=O)cc3)CC2)ccc1O. The minimum absolute atomic E-state index is 0.0364. The number of aliphatic hydroxyl groups excluding tert-OH is 1. The molecule has 2 aromatic carbocycles. The van der Waals surface area contributed by atoms with Gasteiger partial charge in [0.05, 0.1) is 23.0 Å². The number of rotatable bonds is 8. The van der Waals surface area contributed by atoms with E-state index >= 15 is 0 Å². The van der Waals surface area contributed by atoms with E-state index in [-0.39, 0.29) is 28.6 Å². The van der Waals surface area contributed by atoms with Crippen LogP contribution in [-0.2, 0) is 14.8 Å². The van der Waals surface area contributed by atoms with Gasteiger partial charge in [0.25, 0.3) is 5.91 Å². The molecule has 2 saturated heterocycles. The summed E-state index contributed by atoms with van der Waals surface area (Å²) in [7, 11) is -3.55. The highest BCUT2D eigenvalue weighted by molar-refractivity contribution is 8.18. The van der Waals surface area contributed by atoms with Gasteiger partial charge in [0.2, 0.25) is 10.0 Å². The zero-order chi connectivity index (χ0) is 25.9. The molecule has 0 bridgehead atoms. The van der Waals surface area contributed by atoms with Crippen molar-refractivity contribution in [3.63, 3.8) is 0 Å². The molecule has 0 saturated carbocycles. The largest absolute Gasteiger partial charge is 0.506 e. The van der Waals surface area contributed by atoms with Gasteiger partial charge in [0.15, 0.2) is 5.17 Å². The van der Waals surface area contributed by atoms with Crippen LogP contribution in [-0.4, -0.2) is 61.6 Å². The molecule has 10 nitrogen and oxygen atoms in total. The molecule has 12 heteroatoms. The van der Waals surface area contributed by atoms with E-state index in [1.54, 1.807) is 12.1 Å². The molecule has 0 radical (unpaired) electrons. The van der Waals surface area contributed by atoms with Crippen LogP contribution in [0, 0.1) is 5.41 Å². The maximum Gasteiger partial charge on any atom is 0.264 e. The number of piperidine rings is 1. The Kier molecular flexibility index (Phi) is 7.88. The molecule has 1 unspecified atom stereocenters. The normalized spacial score (nSPS) is 18.9. The molecule has 2 aromatic rings. The summed E-state index contributed by atoms with van der Waals surface area (Å²) in [5.74, 6) is -0.449. The third-order valence-electron chi connectivity index (χ3n) is 6.01. The first-order valence-electron chi connectivity index (χ1n) is 11.4. The highest BCUT2D eigenvalue weighted by Gasteiger charge is 2.23. The van der Waals surface area contributed by atoms with Crippen LogP contribution in [0.1, 0.15) is 30.1 Å². The van der Waals surface area contributed by atoms with Crippen LogP contribution in [0.3, 0.4) is 0 Å². The van der Waals surface area contributed by atoms with E-state index in [9.17, 15) is 23.4 Å². The zero-order valence-electron chi connectivity index (χ0n) is 19.7. The van der Waals surface area contributed by atoms with Gasteiger partial charge in [-0.1, -0.05) is 18.2 Å². The predicted molar refractivity (Wildman–Crippen MR) is 143 cm³/mol. The van der Waals surface area contributed by atoms with Crippen molar-refractivity contribution < 1.29 is 23.4 Å². The fraction of sp³-hybridized carbons (Fsp3) is 0.333. The summed E-state index contributed by atoms with van der Waals surface area (Å²) in [6.45, 7) is 2.01. The van der Waals surface area contributed by atoms with Crippen LogP contribution in [0.2, 0.25) is 0 Å². The van der Waals surface area contributed by atoms with E-state index in [0.717, 1.165) is 55.2 Å². The second-order valence-corrected chi connectivity index (χ2v) is 11.6. The number of carbonyl (C=O) groups excluding carboxylic acids is 1. The molecule has 0 aromatic heterocycles. The Labute approximate surface area is 214 Å². The van der Waals surface area contributed by atoms with E-state index < -0.39 is 16.1 Å². The molecule has 36 heavy (non-hydrogen) atoms. The Morgan fingerprint density at radius 2 is 1.92 bits per heavy atom. The molecular weight excluding hydrogens is 502 g/mol. The molecule has 6 N–H and O–H groups in total.